The number of aryl methyl sites for hydroxylation is 1. The van der Waals surface area contributed by atoms with Gasteiger partial charge in [0.2, 0.25) is 0 Å². The van der Waals surface area contributed by atoms with Crippen LogP contribution in [0.1, 0.15) is 31.9 Å². The Morgan fingerprint density at radius 1 is 1.29 bits per heavy atom. The Morgan fingerprint density at radius 2 is 1.93 bits per heavy atom. The smallest absolute Gasteiger partial charge is 0.155 e. The molecule has 0 aliphatic carbocycles. The van der Waals surface area contributed by atoms with Gasteiger partial charge in [0.25, 0.3) is 0 Å². The van der Waals surface area contributed by atoms with Gasteiger partial charge in [-0.25, -0.2) is 0 Å². The zero-order chi connectivity index (χ0) is 10.6. The maximum atomic E-state index is 11.1. The van der Waals surface area contributed by atoms with E-state index in [0.717, 1.165) is 17.6 Å². The summed E-state index contributed by atoms with van der Waals surface area (Å²) in [4.78, 5) is 11.1. The summed E-state index contributed by atoms with van der Waals surface area (Å²) in [6.45, 7) is 5.57. The van der Waals surface area contributed by atoms with Gasteiger partial charge in [0.1, 0.15) is 0 Å². The predicted octanol–water partition coefficient (Wildman–Crippen LogP) is 3.24. The van der Waals surface area contributed by atoms with Crippen LogP contribution in [-0.2, 0) is 11.2 Å². The van der Waals surface area contributed by atoms with Crippen LogP contribution in [0.3, 0.4) is 0 Å². The Bertz CT molecular complexity index is 361. The molecule has 0 amide bonds. The van der Waals surface area contributed by atoms with Crippen molar-refractivity contribution in [1.82, 2.24) is 0 Å². The van der Waals surface area contributed by atoms with E-state index in [-0.39, 0.29) is 5.78 Å². The van der Waals surface area contributed by atoms with E-state index >= 15 is 0 Å². The summed E-state index contributed by atoms with van der Waals surface area (Å²) in [5, 5.41) is 0. The normalized spacial score (nSPS) is 11.5. The van der Waals surface area contributed by atoms with Crippen molar-refractivity contribution in [2.24, 2.45) is 0 Å². The van der Waals surface area contributed by atoms with Crippen LogP contribution in [0.5, 0.6) is 0 Å². The average molecular weight is 188 g/mol. The molecule has 0 fully saturated rings. The number of ketones is 1. The molecule has 1 heteroatoms. The van der Waals surface area contributed by atoms with E-state index in [9.17, 15) is 4.79 Å². The van der Waals surface area contributed by atoms with Crippen LogP contribution in [0.25, 0.3) is 6.08 Å². The molecule has 0 heterocycles. The number of allylic oxidation sites excluding steroid dienone is 1. The molecule has 1 aromatic rings. The second-order valence-electron chi connectivity index (χ2n) is 3.44. The Kier molecular flexibility index (Phi) is 3.63. The summed E-state index contributed by atoms with van der Waals surface area (Å²) in [5.41, 5.74) is 3.25. The first kappa shape index (κ1) is 10.7. The van der Waals surface area contributed by atoms with Crippen molar-refractivity contribution in [2.45, 2.75) is 27.2 Å². The molecular weight excluding hydrogens is 172 g/mol. The van der Waals surface area contributed by atoms with E-state index < -0.39 is 0 Å². The monoisotopic (exact) mass is 188 g/mol. The van der Waals surface area contributed by atoms with Gasteiger partial charge in [-0.1, -0.05) is 31.2 Å². The molecule has 0 aromatic heterocycles. The molecule has 0 aliphatic heterocycles. The third-order valence-corrected chi connectivity index (χ3v) is 2.36. The average Bonchev–Trinajstić information content (AvgIpc) is 2.18. The molecule has 1 rings (SSSR count). The highest BCUT2D eigenvalue weighted by Crippen LogP contribution is 2.13. The molecular formula is C13H16O. The van der Waals surface area contributed by atoms with Crippen molar-refractivity contribution in [2.75, 3.05) is 0 Å². The van der Waals surface area contributed by atoms with E-state index in [1.807, 2.05) is 31.2 Å². The number of carbonyl (C=O) groups excluding carboxylic acids is 1. The molecule has 0 bridgehead atoms. The minimum atomic E-state index is 0.135. The van der Waals surface area contributed by atoms with E-state index in [0.29, 0.717) is 0 Å². The number of benzene rings is 1. The Hall–Kier alpha value is -1.37. The zero-order valence-corrected chi connectivity index (χ0v) is 9.00. The first-order chi connectivity index (χ1) is 6.65. The van der Waals surface area contributed by atoms with Crippen LogP contribution in [0.15, 0.2) is 29.8 Å². The van der Waals surface area contributed by atoms with E-state index in [2.05, 4.69) is 13.0 Å². The molecule has 0 N–H and O–H groups in total. The predicted molar refractivity (Wildman–Crippen MR) is 60.2 cm³/mol. The van der Waals surface area contributed by atoms with E-state index in [1.165, 1.54) is 5.56 Å². The first-order valence-corrected chi connectivity index (χ1v) is 4.92. The molecule has 0 spiro atoms. The molecule has 0 radical (unpaired) electrons. The van der Waals surface area contributed by atoms with Crippen LogP contribution >= 0.6 is 0 Å². The third kappa shape index (κ3) is 2.56. The van der Waals surface area contributed by atoms with E-state index in [4.69, 9.17) is 0 Å². The summed E-state index contributed by atoms with van der Waals surface area (Å²) < 4.78 is 0. The van der Waals surface area contributed by atoms with Crippen molar-refractivity contribution in [3.8, 4) is 0 Å². The second-order valence-corrected chi connectivity index (χ2v) is 3.44. The maximum absolute atomic E-state index is 11.1. The van der Waals surface area contributed by atoms with Gasteiger partial charge in [-0.15, -0.1) is 0 Å². The lowest BCUT2D eigenvalue weighted by molar-refractivity contribution is -0.113. The minimum absolute atomic E-state index is 0.135. The van der Waals surface area contributed by atoms with Crippen LogP contribution in [-0.4, -0.2) is 5.78 Å². The van der Waals surface area contributed by atoms with Crippen molar-refractivity contribution >= 4 is 11.9 Å². The number of rotatable bonds is 3. The summed E-state index contributed by atoms with van der Waals surface area (Å²) in [6.07, 6.45) is 2.96. The highest BCUT2D eigenvalue weighted by Gasteiger charge is 1.99. The number of Topliss-reactive ketones (excluding diaryl/α,β-unsaturated/α-hetero) is 1. The lowest BCUT2D eigenvalue weighted by Crippen LogP contribution is -1.92. The highest BCUT2D eigenvalue weighted by molar-refractivity contribution is 5.97. The second kappa shape index (κ2) is 4.75. The molecule has 1 nitrogen and oxygen atoms in total. The van der Waals surface area contributed by atoms with E-state index in [1.54, 1.807) is 6.92 Å². The quantitative estimate of drug-likeness (QED) is 0.665. The Morgan fingerprint density at radius 3 is 2.50 bits per heavy atom. The molecule has 74 valence electrons. The molecule has 0 saturated heterocycles. The Balaban J connectivity index is 3.07. The van der Waals surface area contributed by atoms with Crippen LogP contribution in [0.2, 0.25) is 0 Å². The lowest BCUT2D eigenvalue weighted by atomic mass is 10.0. The van der Waals surface area contributed by atoms with Crippen molar-refractivity contribution in [1.29, 1.82) is 0 Å². The number of hydrogen-bond acceptors (Lipinski definition) is 1. The summed E-state index contributed by atoms with van der Waals surface area (Å²) >= 11 is 0. The van der Waals surface area contributed by atoms with Gasteiger partial charge in [0, 0.05) is 0 Å². The largest absolute Gasteiger partial charge is 0.295 e. The van der Waals surface area contributed by atoms with Crippen molar-refractivity contribution in [3.63, 3.8) is 0 Å². The third-order valence-electron chi connectivity index (χ3n) is 2.36. The topological polar surface area (TPSA) is 17.1 Å². The molecule has 0 atom stereocenters. The van der Waals surface area contributed by atoms with Gasteiger partial charge in [-0.2, -0.15) is 0 Å². The molecule has 14 heavy (non-hydrogen) atoms. The van der Waals surface area contributed by atoms with Gasteiger partial charge in [0.05, 0.1) is 0 Å². The molecule has 0 saturated carbocycles. The summed E-state index contributed by atoms with van der Waals surface area (Å²) in [7, 11) is 0. The van der Waals surface area contributed by atoms with Crippen LogP contribution in [0.4, 0.5) is 0 Å². The lowest BCUT2D eigenvalue weighted by Gasteiger charge is -2.03. The van der Waals surface area contributed by atoms with Crippen molar-refractivity contribution < 1.29 is 4.79 Å². The standard InChI is InChI=1S/C13H16O/c1-4-12-7-5-6-8-13(12)9-10(2)11(3)14/h5-9H,4H2,1-3H3/b10-9-. The molecule has 0 aliphatic rings. The summed E-state index contributed by atoms with van der Waals surface area (Å²) in [5.74, 6) is 0.135. The zero-order valence-electron chi connectivity index (χ0n) is 9.00. The van der Waals surface area contributed by atoms with Crippen LogP contribution in [0, 0.1) is 0 Å². The van der Waals surface area contributed by atoms with Crippen molar-refractivity contribution in [3.05, 3.63) is 41.0 Å². The molecule has 1 aromatic carbocycles. The molecule has 0 unspecified atom stereocenters. The fraction of sp³-hybridized carbons (Fsp3) is 0.308. The highest BCUT2D eigenvalue weighted by atomic mass is 16.1. The summed E-state index contributed by atoms with van der Waals surface area (Å²) in [6, 6.07) is 8.17. The minimum Gasteiger partial charge on any atom is -0.295 e. The van der Waals surface area contributed by atoms with Gasteiger partial charge in [-0.3, -0.25) is 4.79 Å². The Labute approximate surface area is 85.5 Å². The van der Waals surface area contributed by atoms with Gasteiger partial charge in [0.15, 0.2) is 5.78 Å². The SMILES string of the molecule is CCc1ccccc1/C=C(/C)C(C)=O. The fourth-order valence-corrected chi connectivity index (χ4v) is 1.33. The number of carbonyl (C=O) groups is 1. The maximum Gasteiger partial charge on any atom is 0.155 e. The fourth-order valence-electron chi connectivity index (χ4n) is 1.33. The van der Waals surface area contributed by atoms with Gasteiger partial charge in [-0.05, 0) is 43.0 Å². The first-order valence-electron chi connectivity index (χ1n) is 4.92. The van der Waals surface area contributed by atoms with Gasteiger partial charge < -0.3 is 0 Å². The van der Waals surface area contributed by atoms with Crippen LogP contribution < -0.4 is 0 Å². The van der Waals surface area contributed by atoms with Gasteiger partial charge >= 0.3 is 0 Å². The number of hydrogen-bond donors (Lipinski definition) is 0.